The van der Waals surface area contributed by atoms with Crippen LogP contribution in [0.4, 0.5) is 10.5 Å². The average Bonchev–Trinajstić information content (AvgIpc) is 2.26. The summed E-state index contributed by atoms with van der Waals surface area (Å²) in [5.41, 5.74) is 6.27. The molecular formula is C12H16BrN3O2S. The van der Waals surface area contributed by atoms with Crippen molar-refractivity contribution < 1.29 is 9.59 Å². The first kappa shape index (κ1) is 15.8. The van der Waals surface area contributed by atoms with E-state index < -0.39 is 6.03 Å². The Hall–Kier alpha value is -1.21. The van der Waals surface area contributed by atoms with Gasteiger partial charge in [-0.2, -0.15) is 0 Å². The van der Waals surface area contributed by atoms with Crippen molar-refractivity contribution >= 4 is 45.3 Å². The second-order valence-electron chi connectivity index (χ2n) is 4.15. The van der Waals surface area contributed by atoms with Crippen LogP contribution in [0.3, 0.4) is 0 Å². The lowest BCUT2D eigenvalue weighted by atomic mass is 10.3. The molecule has 1 rings (SSSR count). The third-order valence-corrected chi connectivity index (χ3v) is 3.98. The number of amides is 3. The summed E-state index contributed by atoms with van der Waals surface area (Å²) < 4.78 is 0.830. The van der Waals surface area contributed by atoms with E-state index in [0.717, 1.165) is 9.37 Å². The van der Waals surface area contributed by atoms with E-state index in [1.54, 1.807) is 12.1 Å². The summed E-state index contributed by atoms with van der Waals surface area (Å²) in [5, 5.41) is 4.85. The number of carbonyl (C=O) groups excluding carboxylic acids is 2. The fourth-order valence-corrected chi connectivity index (χ4v) is 2.70. The molecule has 3 amide bonds. The van der Waals surface area contributed by atoms with Gasteiger partial charge in [0.1, 0.15) is 0 Å². The third-order valence-electron chi connectivity index (χ3n) is 1.99. The monoisotopic (exact) mass is 345 g/mol. The molecule has 0 aromatic heterocycles. The Kier molecular flexibility index (Phi) is 6.17. The summed E-state index contributed by atoms with van der Waals surface area (Å²) in [7, 11) is 0. The Morgan fingerprint density at radius 3 is 2.68 bits per heavy atom. The normalized spacial score (nSPS) is 10.3. The summed E-state index contributed by atoms with van der Waals surface area (Å²) in [4.78, 5) is 23.8. The SMILES string of the molecule is CC(C)NC(=O)NC(=O)CSc1ccc(N)cc1Br. The van der Waals surface area contributed by atoms with Crippen LogP contribution in [-0.4, -0.2) is 23.7 Å². The summed E-state index contributed by atoms with van der Waals surface area (Å²) in [6, 6.07) is 4.87. The lowest BCUT2D eigenvalue weighted by Gasteiger charge is -2.09. The molecule has 0 spiro atoms. The predicted octanol–water partition coefficient (Wildman–Crippen LogP) is 2.36. The first-order chi connectivity index (χ1) is 8.88. The van der Waals surface area contributed by atoms with Gasteiger partial charge in [-0.1, -0.05) is 0 Å². The van der Waals surface area contributed by atoms with Crippen molar-refractivity contribution in [3.8, 4) is 0 Å². The van der Waals surface area contributed by atoms with Gasteiger partial charge in [0.05, 0.1) is 5.75 Å². The van der Waals surface area contributed by atoms with Crippen LogP contribution < -0.4 is 16.4 Å². The molecule has 1 aromatic rings. The van der Waals surface area contributed by atoms with Gasteiger partial charge >= 0.3 is 6.03 Å². The Bertz CT molecular complexity index is 480. The number of nitrogens with two attached hydrogens (primary N) is 1. The number of imide groups is 1. The number of urea groups is 1. The summed E-state index contributed by atoms with van der Waals surface area (Å²) >= 11 is 4.70. The lowest BCUT2D eigenvalue weighted by molar-refractivity contribution is -0.117. The highest BCUT2D eigenvalue weighted by Gasteiger charge is 2.10. The fraction of sp³-hybridized carbons (Fsp3) is 0.333. The topological polar surface area (TPSA) is 84.2 Å². The van der Waals surface area contributed by atoms with Gasteiger partial charge in [0.15, 0.2) is 0 Å². The maximum atomic E-state index is 11.6. The van der Waals surface area contributed by atoms with Crippen LogP contribution in [0.25, 0.3) is 0 Å². The van der Waals surface area contributed by atoms with E-state index in [1.165, 1.54) is 11.8 Å². The molecule has 0 unspecified atom stereocenters. The van der Waals surface area contributed by atoms with E-state index in [9.17, 15) is 9.59 Å². The molecule has 1 aromatic carbocycles. The summed E-state index contributed by atoms with van der Waals surface area (Å²) in [6.45, 7) is 3.65. The molecule has 0 saturated heterocycles. The Labute approximate surface area is 124 Å². The second kappa shape index (κ2) is 7.40. The first-order valence-corrected chi connectivity index (χ1v) is 7.44. The zero-order valence-corrected chi connectivity index (χ0v) is 13.1. The minimum atomic E-state index is -0.475. The van der Waals surface area contributed by atoms with Crippen LogP contribution in [0.2, 0.25) is 0 Å². The van der Waals surface area contributed by atoms with E-state index in [1.807, 2.05) is 19.9 Å². The number of nitrogen functional groups attached to an aromatic ring is 1. The largest absolute Gasteiger partial charge is 0.399 e. The minimum Gasteiger partial charge on any atom is -0.399 e. The van der Waals surface area contributed by atoms with E-state index in [4.69, 9.17) is 5.73 Å². The van der Waals surface area contributed by atoms with Crippen molar-refractivity contribution in [3.63, 3.8) is 0 Å². The molecule has 104 valence electrons. The molecule has 0 aliphatic heterocycles. The number of hydrogen-bond acceptors (Lipinski definition) is 4. The smallest absolute Gasteiger partial charge is 0.321 e. The Morgan fingerprint density at radius 2 is 2.11 bits per heavy atom. The third kappa shape index (κ3) is 5.98. The Morgan fingerprint density at radius 1 is 1.42 bits per heavy atom. The number of hydrogen-bond donors (Lipinski definition) is 3. The maximum Gasteiger partial charge on any atom is 0.321 e. The van der Waals surface area contributed by atoms with Gasteiger partial charge in [-0.05, 0) is 48.0 Å². The van der Waals surface area contributed by atoms with Gasteiger partial charge in [0.2, 0.25) is 5.91 Å². The molecule has 0 bridgehead atoms. The predicted molar refractivity (Wildman–Crippen MR) is 81.1 cm³/mol. The molecule has 19 heavy (non-hydrogen) atoms. The standard InChI is InChI=1S/C12H16BrN3O2S/c1-7(2)15-12(18)16-11(17)6-19-10-4-3-8(14)5-9(10)13/h3-5,7H,6,14H2,1-2H3,(H2,15,16,17,18). The quantitative estimate of drug-likeness (QED) is 0.577. The fourth-order valence-electron chi connectivity index (χ4n) is 1.24. The van der Waals surface area contributed by atoms with Crippen LogP contribution in [-0.2, 0) is 4.79 Å². The van der Waals surface area contributed by atoms with Crippen LogP contribution >= 0.6 is 27.7 Å². The van der Waals surface area contributed by atoms with Gasteiger partial charge in [-0.15, -0.1) is 11.8 Å². The number of benzene rings is 1. The van der Waals surface area contributed by atoms with Gasteiger partial charge in [0, 0.05) is 21.1 Å². The van der Waals surface area contributed by atoms with Crippen molar-refractivity contribution in [2.24, 2.45) is 0 Å². The van der Waals surface area contributed by atoms with Gasteiger partial charge < -0.3 is 11.1 Å². The zero-order chi connectivity index (χ0) is 14.4. The molecule has 0 aliphatic carbocycles. The minimum absolute atomic E-state index is 0.00769. The molecule has 0 aliphatic rings. The summed E-state index contributed by atoms with van der Waals surface area (Å²) in [6.07, 6.45) is 0. The van der Waals surface area contributed by atoms with E-state index in [2.05, 4.69) is 26.6 Å². The van der Waals surface area contributed by atoms with Crippen molar-refractivity contribution in [1.82, 2.24) is 10.6 Å². The molecule has 0 heterocycles. The van der Waals surface area contributed by atoms with Crippen molar-refractivity contribution in [2.75, 3.05) is 11.5 Å². The van der Waals surface area contributed by atoms with E-state index >= 15 is 0 Å². The number of carbonyl (C=O) groups is 2. The molecule has 7 heteroatoms. The van der Waals surface area contributed by atoms with Gasteiger partial charge in [-0.25, -0.2) is 4.79 Å². The number of thioether (sulfide) groups is 1. The highest BCUT2D eigenvalue weighted by Crippen LogP contribution is 2.28. The maximum absolute atomic E-state index is 11.6. The van der Waals surface area contributed by atoms with Crippen molar-refractivity contribution in [2.45, 2.75) is 24.8 Å². The molecule has 5 nitrogen and oxygen atoms in total. The molecule has 0 atom stereocenters. The van der Waals surface area contributed by atoms with E-state index in [0.29, 0.717) is 5.69 Å². The van der Waals surface area contributed by atoms with Crippen molar-refractivity contribution in [3.05, 3.63) is 22.7 Å². The van der Waals surface area contributed by atoms with Crippen LogP contribution in [0.5, 0.6) is 0 Å². The van der Waals surface area contributed by atoms with Gasteiger partial charge in [-0.3, -0.25) is 10.1 Å². The number of nitrogens with one attached hydrogen (secondary N) is 2. The molecule has 4 N–H and O–H groups in total. The van der Waals surface area contributed by atoms with Crippen molar-refractivity contribution in [1.29, 1.82) is 0 Å². The Balaban J connectivity index is 2.44. The molecule has 0 saturated carbocycles. The zero-order valence-electron chi connectivity index (χ0n) is 10.7. The molecule has 0 radical (unpaired) electrons. The highest BCUT2D eigenvalue weighted by atomic mass is 79.9. The number of rotatable bonds is 4. The summed E-state index contributed by atoms with van der Waals surface area (Å²) in [5.74, 6) is -0.180. The number of anilines is 1. The number of halogens is 1. The molecular weight excluding hydrogens is 330 g/mol. The highest BCUT2D eigenvalue weighted by molar-refractivity contribution is 9.10. The first-order valence-electron chi connectivity index (χ1n) is 5.66. The van der Waals surface area contributed by atoms with E-state index in [-0.39, 0.29) is 17.7 Å². The second-order valence-corrected chi connectivity index (χ2v) is 6.03. The molecule has 0 fully saturated rings. The average molecular weight is 346 g/mol. The van der Waals surface area contributed by atoms with Crippen LogP contribution in [0.15, 0.2) is 27.6 Å². The lowest BCUT2D eigenvalue weighted by Crippen LogP contribution is -2.43. The van der Waals surface area contributed by atoms with Gasteiger partial charge in [0.25, 0.3) is 0 Å². The van der Waals surface area contributed by atoms with Crippen LogP contribution in [0.1, 0.15) is 13.8 Å². The van der Waals surface area contributed by atoms with Crippen LogP contribution in [0, 0.1) is 0 Å².